The molecule has 0 aliphatic heterocycles. The fourth-order valence-corrected chi connectivity index (χ4v) is 1.54. The van der Waals surface area contributed by atoms with Gasteiger partial charge in [0.05, 0.1) is 11.6 Å². The summed E-state index contributed by atoms with van der Waals surface area (Å²) in [6, 6.07) is 7.41. The van der Waals surface area contributed by atoms with Crippen molar-refractivity contribution in [2.45, 2.75) is 12.5 Å². The number of pyridine rings is 1. The van der Waals surface area contributed by atoms with Crippen molar-refractivity contribution in [2.75, 3.05) is 0 Å². The van der Waals surface area contributed by atoms with Crippen molar-refractivity contribution in [2.24, 2.45) is 5.73 Å². The van der Waals surface area contributed by atoms with E-state index in [1.807, 2.05) is 6.07 Å². The van der Waals surface area contributed by atoms with E-state index in [4.69, 9.17) is 5.73 Å². The lowest BCUT2D eigenvalue weighted by atomic mass is 10.0. The molecule has 0 aliphatic carbocycles. The van der Waals surface area contributed by atoms with Gasteiger partial charge >= 0.3 is 0 Å². The SMILES string of the molecule is N[C@H](c1ccnc2ccccc12)C(F)F. The summed E-state index contributed by atoms with van der Waals surface area (Å²) in [7, 11) is 0. The van der Waals surface area contributed by atoms with Crippen LogP contribution in [0.4, 0.5) is 8.78 Å². The summed E-state index contributed by atoms with van der Waals surface area (Å²) in [5, 5.41) is 0.688. The van der Waals surface area contributed by atoms with E-state index < -0.39 is 12.5 Å². The zero-order valence-electron chi connectivity index (χ0n) is 7.90. The summed E-state index contributed by atoms with van der Waals surface area (Å²) < 4.78 is 25.0. The number of rotatable bonds is 2. The van der Waals surface area contributed by atoms with Crippen LogP contribution in [0.15, 0.2) is 36.5 Å². The van der Waals surface area contributed by atoms with Crippen molar-refractivity contribution >= 4 is 10.9 Å². The minimum Gasteiger partial charge on any atom is -0.319 e. The molecule has 1 aromatic carbocycles. The summed E-state index contributed by atoms with van der Waals surface area (Å²) in [6.07, 6.45) is -1.06. The van der Waals surface area contributed by atoms with E-state index >= 15 is 0 Å². The largest absolute Gasteiger partial charge is 0.319 e. The van der Waals surface area contributed by atoms with E-state index in [0.717, 1.165) is 0 Å². The summed E-state index contributed by atoms with van der Waals surface area (Å²) in [4.78, 5) is 4.08. The Morgan fingerprint density at radius 3 is 2.60 bits per heavy atom. The van der Waals surface area contributed by atoms with Gasteiger partial charge in [-0.2, -0.15) is 0 Å². The molecule has 0 aliphatic rings. The van der Waals surface area contributed by atoms with Gasteiger partial charge in [0.25, 0.3) is 6.43 Å². The Morgan fingerprint density at radius 1 is 1.13 bits per heavy atom. The fraction of sp³-hybridized carbons (Fsp3) is 0.182. The van der Waals surface area contributed by atoms with E-state index in [2.05, 4.69) is 4.98 Å². The zero-order valence-corrected chi connectivity index (χ0v) is 7.90. The molecule has 78 valence electrons. The van der Waals surface area contributed by atoms with Crippen LogP contribution >= 0.6 is 0 Å². The molecule has 0 radical (unpaired) electrons. The van der Waals surface area contributed by atoms with Crippen LogP contribution in [0.1, 0.15) is 11.6 Å². The topological polar surface area (TPSA) is 38.9 Å². The molecule has 2 aromatic rings. The van der Waals surface area contributed by atoms with E-state index in [0.29, 0.717) is 16.5 Å². The van der Waals surface area contributed by atoms with Gasteiger partial charge in [-0.1, -0.05) is 18.2 Å². The van der Waals surface area contributed by atoms with E-state index in [-0.39, 0.29) is 0 Å². The first-order valence-corrected chi connectivity index (χ1v) is 4.57. The standard InChI is InChI=1S/C11H10F2N2/c12-11(13)10(14)8-5-6-15-9-4-2-1-3-7(8)9/h1-6,10-11H,14H2/t10-/m1/s1. The van der Waals surface area contributed by atoms with Crippen molar-refractivity contribution in [3.05, 3.63) is 42.1 Å². The molecule has 0 spiro atoms. The van der Waals surface area contributed by atoms with Crippen LogP contribution in [-0.4, -0.2) is 11.4 Å². The average molecular weight is 208 g/mol. The fourth-order valence-electron chi connectivity index (χ4n) is 1.54. The Bertz CT molecular complexity index is 466. The zero-order chi connectivity index (χ0) is 10.8. The molecule has 4 heteroatoms. The highest BCUT2D eigenvalue weighted by atomic mass is 19.3. The normalized spacial score (nSPS) is 13.3. The Hall–Kier alpha value is -1.55. The van der Waals surface area contributed by atoms with Crippen LogP contribution in [0.25, 0.3) is 10.9 Å². The summed E-state index contributed by atoms with van der Waals surface area (Å²) in [6.45, 7) is 0. The number of fused-ring (bicyclic) bond motifs is 1. The maximum atomic E-state index is 12.5. The number of alkyl halides is 2. The molecule has 0 unspecified atom stereocenters. The Morgan fingerprint density at radius 2 is 1.87 bits per heavy atom. The third kappa shape index (κ3) is 1.80. The second kappa shape index (κ2) is 3.90. The van der Waals surface area contributed by atoms with Gasteiger partial charge in [-0.25, -0.2) is 8.78 Å². The summed E-state index contributed by atoms with van der Waals surface area (Å²) in [5.74, 6) is 0. The summed E-state index contributed by atoms with van der Waals surface area (Å²) in [5.41, 5.74) is 6.55. The number of halogens is 2. The number of para-hydroxylation sites is 1. The monoisotopic (exact) mass is 208 g/mol. The third-order valence-corrected chi connectivity index (χ3v) is 2.31. The molecule has 1 heterocycles. The first-order valence-electron chi connectivity index (χ1n) is 4.57. The average Bonchev–Trinajstić information content (AvgIpc) is 2.27. The Balaban J connectivity index is 2.60. The quantitative estimate of drug-likeness (QED) is 0.823. The number of nitrogens with zero attached hydrogens (tertiary/aromatic N) is 1. The van der Waals surface area contributed by atoms with Crippen molar-refractivity contribution in [1.29, 1.82) is 0 Å². The number of aromatic nitrogens is 1. The van der Waals surface area contributed by atoms with Gasteiger partial charge in [-0.05, 0) is 17.7 Å². The van der Waals surface area contributed by atoms with Crippen LogP contribution in [0.5, 0.6) is 0 Å². The predicted octanol–water partition coefficient (Wildman–Crippen LogP) is 2.50. The number of benzene rings is 1. The highest BCUT2D eigenvalue weighted by Crippen LogP contribution is 2.24. The maximum absolute atomic E-state index is 12.5. The van der Waals surface area contributed by atoms with Crippen molar-refractivity contribution in [3.63, 3.8) is 0 Å². The number of hydrogen-bond acceptors (Lipinski definition) is 2. The lowest BCUT2D eigenvalue weighted by molar-refractivity contribution is 0.117. The molecule has 2 nitrogen and oxygen atoms in total. The van der Waals surface area contributed by atoms with Crippen LogP contribution in [0.3, 0.4) is 0 Å². The maximum Gasteiger partial charge on any atom is 0.257 e. The minimum atomic E-state index is -2.56. The molecule has 0 saturated heterocycles. The lowest BCUT2D eigenvalue weighted by Gasteiger charge is -2.12. The van der Waals surface area contributed by atoms with Crippen LogP contribution in [0, 0.1) is 0 Å². The van der Waals surface area contributed by atoms with Gasteiger partial charge in [0.2, 0.25) is 0 Å². The van der Waals surface area contributed by atoms with Gasteiger partial charge in [0.1, 0.15) is 0 Å². The Kier molecular flexibility index (Phi) is 2.60. The van der Waals surface area contributed by atoms with Crippen molar-refractivity contribution in [3.8, 4) is 0 Å². The second-order valence-electron chi connectivity index (χ2n) is 3.28. The second-order valence-corrected chi connectivity index (χ2v) is 3.28. The molecule has 1 aromatic heterocycles. The first kappa shape index (κ1) is 9.98. The van der Waals surface area contributed by atoms with Crippen molar-refractivity contribution < 1.29 is 8.78 Å². The molecule has 0 bridgehead atoms. The van der Waals surface area contributed by atoms with E-state index in [9.17, 15) is 8.78 Å². The van der Waals surface area contributed by atoms with Crippen molar-refractivity contribution in [1.82, 2.24) is 4.98 Å². The van der Waals surface area contributed by atoms with Crippen LogP contribution in [0.2, 0.25) is 0 Å². The summed E-state index contributed by atoms with van der Waals surface area (Å²) >= 11 is 0. The van der Waals surface area contributed by atoms with E-state index in [1.165, 1.54) is 6.20 Å². The molecule has 0 saturated carbocycles. The number of hydrogen-bond donors (Lipinski definition) is 1. The lowest BCUT2D eigenvalue weighted by Crippen LogP contribution is -2.19. The van der Waals surface area contributed by atoms with Gasteiger partial charge in [0, 0.05) is 11.6 Å². The van der Waals surface area contributed by atoms with Crippen LogP contribution in [-0.2, 0) is 0 Å². The van der Waals surface area contributed by atoms with Gasteiger partial charge in [-0.3, -0.25) is 4.98 Å². The van der Waals surface area contributed by atoms with Gasteiger partial charge < -0.3 is 5.73 Å². The molecule has 2 N–H and O–H groups in total. The third-order valence-electron chi connectivity index (χ3n) is 2.31. The van der Waals surface area contributed by atoms with Gasteiger partial charge in [0.15, 0.2) is 0 Å². The first-order chi connectivity index (χ1) is 7.20. The molecule has 15 heavy (non-hydrogen) atoms. The Labute approximate surface area is 85.7 Å². The highest BCUT2D eigenvalue weighted by Gasteiger charge is 2.19. The minimum absolute atomic E-state index is 0.440. The smallest absolute Gasteiger partial charge is 0.257 e. The molecular weight excluding hydrogens is 198 g/mol. The highest BCUT2D eigenvalue weighted by molar-refractivity contribution is 5.82. The van der Waals surface area contributed by atoms with Gasteiger partial charge in [-0.15, -0.1) is 0 Å². The molecule has 1 atom stereocenters. The van der Waals surface area contributed by atoms with E-state index in [1.54, 1.807) is 24.3 Å². The predicted molar refractivity (Wildman–Crippen MR) is 54.7 cm³/mol. The number of nitrogens with two attached hydrogens (primary N) is 1. The molecule has 0 amide bonds. The van der Waals surface area contributed by atoms with Crippen LogP contribution < -0.4 is 5.73 Å². The molecular formula is C11H10F2N2. The molecule has 0 fully saturated rings. The molecule has 2 rings (SSSR count).